The maximum atomic E-state index is 11.5. The molecule has 0 aromatic heterocycles. The first-order chi connectivity index (χ1) is 9.39. The Labute approximate surface area is 123 Å². The molecule has 1 unspecified atom stereocenters. The molecule has 1 fully saturated rings. The molecule has 1 aliphatic carbocycles. The Bertz CT molecular complexity index is 303. The van der Waals surface area contributed by atoms with E-state index < -0.39 is 11.5 Å². The zero-order valence-electron chi connectivity index (χ0n) is 13.6. The maximum Gasteiger partial charge on any atom is 0.323 e. The molecule has 1 atom stereocenters. The Morgan fingerprint density at radius 1 is 1.40 bits per heavy atom. The van der Waals surface area contributed by atoms with Crippen molar-refractivity contribution < 1.29 is 9.90 Å². The normalized spacial score (nSPS) is 18.5. The Kier molecular flexibility index (Phi) is 6.96. The van der Waals surface area contributed by atoms with Gasteiger partial charge in [-0.2, -0.15) is 0 Å². The summed E-state index contributed by atoms with van der Waals surface area (Å²) in [7, 11) is 0. The van der Waals surface area contributed by atoms with Gasteiger partial charge in [-0.1, -0.05) is 20.8 Å². The van der Waals surface area contributed by atoms with Crippen LogP contribution in [0.3, 0.4) is 0 Å². The van der Waals surface area contributed by atoms with Gasteiger partial charge in [-0.25, -0.2) is 0 Å². The fourth-order valence-corrected chi connectivity index (χ4v) is 2.38. The summed E-state index contributed by atoms with van der Waals surface area (Å²) in [6.45, 7) is 11.1. The number of nitrogens with one attached hydrogen (secondary N) is 1. The van der Waals surface area contributed by atoms with Crippen molar-refractivity contribution in [1.82, 2.24) is 10.2 Å². The summed E-state index contributed by atoms with van der Waals surface area (Å²) in [5, 5.41) is 12.7. The fourth-order valence-electron chi connectivity index (χ4n) is 2.38. The highest BCUT2D eigenvalue weighted by Gasteiger charge is 2.35. The van der Waals surface area contributed by atoms with Crippen molar-refractivity contribution in [3.8, 4) is 0 Å². The molecular weight excluding hydrogens is 252 g/mol. The number of carboxylic acid groups (broad SMARTS) is 1. The monoisotopic (exact) mass is 284 g/mol. The molecule has 2 N–H and O–H groups in total. The van der Waals surface area contributed by atoms with Crippen molar-refractivity contribution in [1.29, 1.82) is 0 Å². The molecule has 0 saturated heterocycles. The molecule has 0 radical (unpaired) electrons. The number of aliphatic carboxylic acids is 1. The van der Waals surface area contributed by atoms with Crippen LogP contribution in [0.4, 0.5) is 0 Å². The summed E-state index contributed by atoms with van der Waals surface area (Å²) in [6.07, 6.45) is 5.40. The molecule has 0 aliphatic heterocycles. The molecule has 4 heteroatoms. The Balaban J connectivity index is 2.48. The van der Waals surface area contributed by atoms with Crippen molar-refractivity contribution in [3.05, 3.63) is 0 Å². The molecular formula is C16H32N2O2. The van der Waals surface area contributed by atoms with Gasteiger partial charge in [0.25, 0.3) is 0 Å². The van der Waals surface area contributed by atoms with Crippen molar-refractivity contribution in [2.45, 2.75) is 71.4 Å². The molecule has 0 spiro atoms. The van der Waals surface area contributed by atoms with E-state index in [1.54, 1.807) is 0 Å². The smallest absolute Gasteiger partial charge is 0.323 e. The van der Waals surface area contributed by atoms with Crippen LogP contribution in [-0.2, 0) is 4.79 Å². The van der Waals surface area contributed by atoms with Gasteiger partial charge in [0, 0.05) is 12.6 Å². The second-order valence-corrected chi connectivity index (χ2v) is 6.76. The summed E-state index contributed by atoms with van der Waals surface area (Å²) >= 11 is 0. The SMILES string of the molecule is CCCNC(C)(CCN(CCC(C)C)C1CC1)C(=O)O. The van der Waals surface area contributed by atoms with Gasteiger partial charge in [-0.3, -0.25) is 4.79 Å². The topological polar surface area (TPSA) is 52.6 Å². The Morgan fingerprint density at radius 3 is 2.50 bits per heavy atom. The predicted octanol–water partition coefficient (Wildman–Crippen LogP) is 2.73. The molecule has 1 aliphatic rings. The lowest BCUT2D eigenvalue weighted by Gasteiger charge is -2.30. The lowest BCUT2D eigenvalue weighted by Crippen LogP contribution is -2.51. The first kappa shape index (κ1) is 17.4. The summed E-state index contributed by atoms with van der Waals surface area (Å²) in [5.74, 6) is -0.0223. The summed E-state index contributed by atoms with van der Waals surface area (Å²) in [6, 6.07) is 0.706. The van der Waals surface area contributed by atoms with E-state index in [1.807, 2.05) is 6.92 Å². The molecule has 0 amide bonds. The van der Waals surface area contributed by atoms with E-state index in [1.165, 1.54) is 19.3 Å². The number of carboxylic acids is 1. The lowest BCUT2D eigenvalue weighted by molar-refractivity contribution is -0.144. The minimum absolute atomic E-state index is 0.678. The van der Waals surface area contributed by atoms with E-state index >= 15 is 0 Å². The second-order valence-electron chi connectivity index (χ2n) is 6.76. The Hall–Kier alpha value is -0.610. The first-order valence-electron chi connectivity index (χ1n) is 8.11. The van der Waals surface area contributed by atoms with Gasteiger partial charge in [0.1, 0.15) is 5.54 Å². The van der Waals surface area contributed by atoms with E-state index in [4.69, 9.17) is 0 Å². The van der Waals surface area contributed by atoms with Crippen LogP contribution in [0.15, 0.2) is 0 Å². The van der Waals surface area contributed by atoms with E-state index in [0.717, 1.165) is 26.1 Å². The van der Waals surface area contributed by atoms with Crippen LogP contribution in [0.2, 0.25) is 0 Å². The molecule has 20 heavy (non-hydrogen) atoms. The number of nitrogens with zero attached hydrogens (tertiary/aromatic N) is 1. The zero-order valence-corrected chi connectivity index (χ0v) is 13.6. The van der Waals surface area contributed by atoms with E-state index in [0.29, 0.717) is 18.4 Å². The fraction of sp³-hybridized carbons (Fsp3) is 0.938. The zero-order chi connectivity index (χ0) is 15.2. The Morgan fingerprint density at radius 2 is 2.05 bits per heavy atom. The van der Waals surface area contributed by atoms with Gasteiger partial charge in [-0.15, -0.1) is 0 Å². The molecule has 0 aromatic rings. The predicted molar refractivity (Wildman–Crippen MR) is 83.0 cm³/mol. The third-order valence-electron chi connectivity index (χ3n) is 4.19. The second kappa shape index (κ2) is 7.99. The van der Waals surface area contributed by atoms with Gasteiger partial charge in [0.05, 0.1) is 0 Å². The van der Waals surface area contributed by atoms with Gasteiger partial charge in [0.15, 0.2) is 0 Å². The summed E-state index contributed by atoms with van der Waals surface area (Å²) in [4.78, 5) is 14.0. The van der Waals surface area contributed by atoms with Crippen LogP contribution in [-0.4, -0.2) is 47.2 Å². The van der Waals surface area contributed by atoms with Crippen molar-refractivity contribution in [2.75, 3.05) is 19.6 Å². The molecule has 0 bridgehead atoms. The van der Waals surface area contributed by atoms with Crippen LogP contribution in [0.1, 0.15) is 59.8 Å². The van der Waals surface area contributed by atoms with Crippen LogP contribution >= 0.6 is 0 Å². The maximum absolute atomic E-state index is 11.5. The average Bonchev–Trinajstić information content (AvgIpc) is 3.20. The molecule has 1 rings (SSSR count). The standard InChI is InChI=1S/C16H32N2O2/c1-5-10-17-16(4,15(19)20)9-12-18(14-6-7-14)11-8-13(2)3/h13-14,17H,5-12H2,1-4H3,(H,19,20). The number of rotatable bonds is 11. The molecule has 0 aromatic carbocycles. The van der Waals surface area contributed by atoms with E-state index in [-0.39, 0.29) is 0 Å². The van der Waals surface area contributed by atoms with Crippen molar-refractivity contribution in [2.24, 2.45) is 5.92 Å². The van der Waals surface area contributed by atoms with Crippen LogP contribution in [0, 0.1) is 5.92 Å². The molecule has 1 saturated carbocycles. The number of hydrogen-bond donors (Lipinski definition) is 2. The average molecular weight is 284 g/mol. The quantitative estimate of drug-likeness (QED) is 0.612. The highest BCUT2D eigenvalue weighted by Crippen LogP contribution is 2.28. The largest absolute Gasteiger partial charge is 0.480 e. The molecule has 118 valence electrons. The van der Waals surface area contributed by atoms with Crippen LogP contribution in [0.5, 0.6) is 0 Å². The van der Waals surface area contributed by atoms with Crippen LogP contribution in [0.25, 0.3) is 0 Å². The number of hydrogen-bond acceptors (Lipinski definition) is 3. The van der Waals surface area contributed by atoms with Gasteiger partial charge < -0.3 is 15.3 Å². The molecule has 0 heterocycles. The van der Waals surface area contributed by atoms with Gasteiger partial charge >= 0.3 is 5.97 Å². The highest BCUT2D eigenvalue weighted by molar-refractivity contribution is 5.78. The van der Waals surface area contributed by atoms with Gasteiger partial charge in [0.2, 0.25) is 0 Å². The van der Waals surface area contributed by atoms with Crippen LogP contribution < -0.4 is 5.32 Å². The van der Waals surface area contributed by atoms with Gasteiger partial charge in [-0.05, 0) is 58.0 Å². The van der Waals surface area contributed by atoms with Crippen molar-refractivity contribution in [3.63, 3.8) is 0 Å². The van der Waals surface area contributed by atoms with Crippen molar-refractivity contribution >= 4 is 5.97 Å². The highest BCUT2D eigenvalue weighted by atomic mass is 16.4. The number of carbonyl (C=O) groups is 1. The first-order valence-corrected chi connectivity index (χ1v) is 8.11. The lowest BCUT2D eigenvalue weighted by atomic mass is 9.97. The third-order valence-corrected chi connectivity index (χ3v) is 4.19. The third kappa shape index (κ3) is 5.80. The summed E-state index contributed by atoms with van der Waals surface area (Å²) in [5.41, 5.74) is -0.791. The molecule has 4 nitrogen and oxygen atoms in total. The minimum atomic E-state index is -0.791. The van der Waals surface area contributed by atoms with E-state index in [9.17, 15) is 9.90 Å². The minimum Gasteiger partial charge on any atom is -0.480 e. The van der Waals surface area contributed by atoms with E-state index in [2.05, 4.69) is 31.0 Å². The summed E-state index contributed by atoms with van der Waals surface area (Å²) < 4.78 is 0.